The second kappa shape index (κ2) is 8.96. The summed E-state index contributed by atoms with van der Waals surface area (Å²) in [6.45, 7) is 0. The highest BCUT2D eigenvalue weighted by molar-refractivity contribution is 6.20. The SMILES string of the molecule is COc1ccc(C2(O)OC(=O)C(c3cc(OC)cc(OC)c3)=C2Cc2cccc(F)c2)cc1. The third kappa shape index (κ3) is 4.27. The molecule has 0 saturated heterocycles. The number of rotatable bonds is 7. The maximum absolute atomic E-state index is 13.9. The normalized spacial score (nSPS) is 17.7. The number of hydrogen-bond donors (Lipinski definition) is 1. The lowest BCUT2D eigenvalue weighted by Crippen LogP contribution is -2.29. The quantitative estimate of drug-likeness (QED) is 0.543. The first-order chi connectivity index (χ1) is 15.9. The summed E-state index contributed by atoms with van der Waals surface area (Å²) in [6.07, 6.45) is 0.0703. The van der Waals surface area contributed by atoms with Gasteiger partial charge in [0.05, 0.1) is 26.9 Å². The minimum absolute atomic E-state index is 0.0703. The summed E-state index contributed by atoms with van der Waals surface area (Å²) in [5.74, 6) is -1.67. The minimum atomic E-state index is -2.05. The summed E-state index contributed by atoms with van der Waals surface area (Å²) in [6, 6.07) is 17.5. The van der Waals surface area contributed by atoms with Crippen molar-refractivity contribution in [1.29, 1.82) is 0 Å². The van der Waals surface area contributed by atoms with Crippen LogP contribution in [0.25, 0.3) is 5.57 Å². The molecule has 0 aliphatic carbocycles. The molecule has 0 aromatic heterocycles. The molecule has 4 rings (SSSR count). The zero-order valence-corrected chi connectivity index (χ0v) is 18.4. The number of esters is 1. The second-order valence-electron chi connectivity index (χ2n) is 7.52. The Bertz CT molecular complexity index is 1200. The number of cyclic esters (lactones) is 1. The van der Waals surface area contributed by atoms with Crippen LogP contribution in [-0.4, -0.2) is 32.4 Å². The highest BCUT2D eigenvalue weighted by atomic mass is 19.1. The van der Waals surface area contributed by atoms with Gasteiger partial charge in [0.1, 0.15) is 23.1 Å². The molecule has 3 aromatic carbocycles. The molecule has 6 nitrogen and oxygen atoms in total. The molecule has 0 spiro atoms. The molecular formula is C26H23FO6. The summed E-state index contributed by atoms with van der Waals surface area (Å²) < 4.78 is 35.4. The average Bonchev–Trinajstić information content (AvgIpc) is 3.08. The van der Waals surface area contributed by atoms with E-state index < -0.39 is 17.6 Å². The minimum Gasteiger partial charge on any atom is -0.497 e. The molecular weight excluding hydrogens is 427 g/mol. The van der Waals surface area contributed by atoms with Gasteiger partial charge in [-0.1, -0.05) is 12.1 Å². The highest BCUT2D eigenvalue weighted by Crippen LogP contribution is 2.46. The first kappa shape index (κ1) is 22.4. The Kier molecular flexibility index (Phi) is 6.07. The molecule has 1 atom stereocenters. The van der Waals surface area contributed by atoms with Gasteiger partial charge in [0.25, 0.3) is 5.79 Å². The lowest BCUT2D eigenvalue weighted by Gasteiger charge is -2.26. The zero-order chi connectivity index (χ0) is 23.6. The molecule has 0 fully saturated rings. The first-order valence-corrected chi connectivity index (χ1v) is 10.2. The number of ether oxygens (including phenoxy) is 4. The number of carbonyl (C=O) groups excluding carboxylic acids is 1. The highest BCUT2D eigenvalue weighted by Gasteiger charge is 2.48. The van der Waals surface area contributed by atoms with Crippen LogP contribution in [0, 0.1) is 5.82 Å². The molecule has 3 aromatic rings. The Hall–Kier alpha value is -3.84. The van der Waals surface area contributed by atoms with Gasteiger partial charge < -0.3 is 24.1 Å². The van der Waals surface area contributed by atoms with Crippen LogP contribution in [0.4, 0.5) is 4.39 Å². The van der Waals surface area contributed by atoms with E-state index in [0.29, 0.717) is 33.9 Å². The first-order valence-electron chi connectivity index (χ1n) is 10.2. The van der Waals surface area contributed by atoms with E-state index >= 15 is 0 Å². The van der Waals surface area contributed by atoms with Crippen molar-refractivity contribution in [3.05, 3.63) is 94.8 Å². The fourth-order valence-electron chi connectivity index (χ4n) is 3.89. The smallest absolute Gasteiger partial charge is 0.342 e. The van der Waals surface area contributed by atoms with Crippen molar-refractivity contribution < 1.29 is 33.2 Å². The Balaban J connectivity index is 1.93. The molecule has 1 aliphatic rings. The Morgan fingerprint density at radius 2 is 1.52 bits per heavy atom. The third-order valence-electron chi connectivity index (χ3n) is 5.55. The van der Waals surface area contributed by atoms with Crippen molar-refractivity contribution in [1.82, 2.24) is 0 Å². The molecule has 0 bridgehead atoms. The predicted molar refractivity (Wildman–Crippen MR) is 120 cm³/mol. The summed E-state index contributed by atoms with van der Waals surface area (Å²) in [5, 5.41) is 11.7. The summed E-state index contributed by atoms with van der Waals surface area (Å²) in [5.41, 5.74) is 1.80. The maximum atomic E-state index is 13.9. The summed E-state index contributed by atoms with van der Waals surface area (Å²) >= 11 is 0. The van der Waals surface area contributed by atoms with E-state index in [1.807, 2.05) is 0 Å². The van der Waals surface area contributed by atoms with Crippen molar-refractivity contribution in [2.75, 3.05) is 21.3 Å². The van der Waals surface area contributed by atoms with Gasteiger partial charge in [-0.05, 0) is 59.7 Å². The van der Waals surface area contributed by atoms with E-state index in [2.05, 4.69) is 0 Å². The summed E-state index contributed by atoms with van der Waals surface area (Å²) in [4.78, 5) is 13.1. The van der Waals surface area contributed by atoms with Crippen LogP contribution in [0.2, 0.25) is 0 Å². The number of aliphatic hydroxyl groups is 1. The molecule has 0 amide bonds. The van der Waals surface area contributed by atoms with Gasteiger partial charge >= 0.3 is 5.97 Å². The van der Waals surface area contributed by atoms with Crippen molar-refractivity contribution >= 4 is 11.5 Å². The van der Waals surface area contributed by atoms with Gasteiger partial charge in [-0.2, -0.15) is 0 Å². The van der Waals surface area contributed by atoms with E-state index in [-0.39, 0.29) is 17.6 Å². The molecule has 1 unspecified atom stereocenters. The van der Waals surface area contributed by atoms with E-state index in [4.69, 9.17) is 18.9 Å². The molecule has 33 heavy (non-hydrogen) atoms. The summed E-state index contributed by atoms with van der Waals surface area (Å²) in [7, 11) is 4.53. The molecule has 1 heterocycles. The van der Waals surface area contributed by atoms with E-state index in [9.17, 15) is 14.3 Å². The number of benzene rings is 3. The molecule has 170 valence electrons. The molecule has 1 N–H and O–H groups in total. The lowest BCUT2D eigenvalue weighted by molar-refractivity contribution is -0.185. The predicted octanol–water partition coefficient (Wildman–Crippen LogP) is 4.25. The monoisotopic (exact) mass is 450 g/mol. The fourth-order valence-corrected chi connectivity index (χ4v) is 3.89. The van der Waals surface area contributed by atoms with Crippen LogP contribution in [0.3, 0.4) is 0 Å². The number of hydrogen-bond acceptors (Lipinski definition) is 6. The third-order valence-corrected chi connectivity index (χ3v) is 5.55. The fraction of sp³-hybridized carbons (Fsp3) is 0.192. The van der Waals surface area contributed by atoms with Gasteiger partial charge in [-0.25, -0.2) is 9.18 Å². The second-order valence-corrected chi connectivity index (χ2v) is 7.52. The zero-order valence-electron chi connectivity index (χ0n) is 18.4. The van der Waals surface area contributed by atoms with E-state index in [1.165, 1.54) is 33.5 Å². The number of methoxy groups -OCH3 is 3. The molecule has 0 saturated carbocycles. The molecule has 1 aliphatic heterocycles. The topological polar surface area (TPSA) is 74.2 Å². The Morgan fingerprint density at radius 3 is 2.09 bits per heavy atom. The van der Waals surface area contributed by atoms with Crippen LogP contribution < -0.4 is 14.2 Å². The lowest BCUT2D eigenvalue weighted by atomic mass is 9.88. The van der Waals surface area contributed by atoms with Crippen molar-refractivity contribution in [2.45, 2.75) is 12.2 Å². The van der Waals surface area contributed by atoms with Gasteiger partial charge in [0.2, 0.25) is 0 Å². The van der Waals surface area contributed by atoms with Gasteiger partial charge in [-0.3, -0.25) is 0 Å². The van der Waals surface area contributed by atoms with Crippen molar-refractivity contribution in [2.24, 2.45) is 0 Å². The van der Waals surface area contributed by atoms with E-state index in [1.54, 1.807) is 54.6 Å². The Labute approximate surface area is 190 Å². The maximum Gasteiger partial charge on any atom is 0.342 e. The largest absolute Gasteiger partial charge is 0.497 e. The Morgan fingerprint density at radius 1 is 0.879 bits per heavy atom. The molecule has 7 heteroatoms. The van der Waals surface area contributed by atoms with Crippen molar-refractivity contribution in [3.8, 4) is 17.2 Å². The van der Waals surface area contributed by atoms with Gasteiger partial charge in [0, 0.05) is 23.6 Å². The van der Waals surface area contributed by atoms with Crippen LogP contribution in [0.5, 0.6) is 17.2 Å². The number of carbonyl (C=O) groups is 1. The van der Waals surface area contributed by atoms with Crippen molar-refractivity contribution in [3.63, 3.8) is 0 Å². The van der Waals surface area contributed by atoms with Crippen LogP contribution in [-0.2, 0) is 21.7 Å². The average molecular weight is 450 g/mol. The molecule has 0 radical (unpaired) electrons. The van der Waals surface area contributed by atoms with Crippen LogP contribution in [0.15, 0.2) is 72.3 Å². The standard InChI is InChI=1S/C26H23FO6/c1-30-20-9-7-18(8-10-20)26(29)23(12-16-5-4-6-19(27)11-16)24(25(28)33-26)17-13-21(31-2)15-22(14-17)32-3/h4-11,13-15,29H,12H2,1-3H3. The van der Waals surface area contributed by atoms with Crippen LogP contribution in [0.1, 0.15) is 16.7 Å². The van der Waals surface area contributed by atoms with Gasteiger partial charge in [0.15, 0.2) is 0 Å². The van der Waals surface area contributed by atoms with Gasteiger partial charge in [-0.15, -0.1) is 0 Å². The number of halogens is 1. The van der Waals surface area contributed by atoms with Crippen LogP contribution >= 0.6 is 0 Å². The van der Waals surface area contributed by atoms with E-state index in [0.717, 1.165) is 0 Å².